The molecule has 3 heteroatoms. The Morgan fingerprint density at radius 3 is 2.90 bits per heavy atom. The molecule has 1 heterocycles. The fourth-order valence-corrected chi connectivity index (χ4v) is 4.19. The Bertz CT molecular complexity index is 474. The second-order valence-electron chi connectivity index (χ2n) is 6.55. The maximum absolute atomic E-state index is 5.58. The molecule has 2 aliphatic rings. The first-order valence-corrected chi connectivity index (χ1v) is 8.36. The van der Waals surface area contributed by atoms with Crippen molar-refractivity contribution in [1.29, 1.82) is 0 Å². The van der Waals surface area contributed by atoms with Crippen molar-refractivity contribution in [2.75, 3.05) is 20.7 Å². The first-order valence-electron chi connectivity index (χ1n) is 8.36. The monoisotopic (exact) mass is 288 g/mol. The number of hydrogen-bond acceptors (Lipinski definition) is 3. The average Bonchev–Trinajstić information content (AvgIpc) is 2.91. The number of ether oxygens (including phenoxy) is 1. The Morgan fingerprint density at radius 2 is 2.10 bits per heavy atom. The topological polar surface area (TPSA) is 24.5 Å². The van der Waals surface area contributed by atoms with Crippen LogP contribution in [0.1, 0.15) is 43.2 Å². The largest absolute Gasteiger partial charge is 0.496 e. The summed E-state index contributed by atoms with van der Waals surface area (Å²) in [5.74, 6) is 1.99. The minimum atomic E-state index is 0.816. The van der Waals surface area contributed by atoms with Gasteiger partial charge in [0.15, 0.2) is 0 Å². The molecule has 1 aliphatic heterocycles. The van der Waals surface area contributed by atoms with Gasteiger partial charge in [-0.05, 0) is 56.5 Å². The lowest BCUT2D eigenvalue weighted by atomic mass is 9.85. The van der Waals surface area contributed by atoms with E-state index in [-0.39, 0.29) is 0 Å². The Labute approximate surface area is 128 Å². The van der Waals surface area contributed by atoms with Crippen LogP contribution in [-0.2, 0) is 13.1 Å². The standard InChI is InChI=1S/C18H28N2O/c1-19-12-14-7-8-18(21-2)16(11-14)13-20-10-9-15-5-3-4-6-17(15)20/h7-8,11,15,17,19H,3-6,9-10,12-13H2,1-2H3. The predicted molar refractivity (Wildman–Crippen MR) is 86.5 cm³/mol. The third-order valence-electron chi connectivity index (χ3n) is 5.22. The van der Waals surface area contributed by atoms with Crippen LogP contribution >= 0.6 is 0 Å². The Hall–Kier alpha value is -1.06. The number of nitrogens with one attached hydrogen (secondary N) is 1. The van der Waals surface area contributed by atoms with Gasteiger partial charge in [-0.1, -0.05) is 18.9 Å². The summed E-state index contributed by atoms with van der Waals surface area (Å²) in [5, 5.41) is 3.23. The van der Waals surface area contributed by atoms with E-state index in [4.69, 9.17) is 4.74 Å². The molecule has 1 aliphatic carbocycles. The van der Waals surface area contributed by atoms with E-state index in [0.29, 0.717) is 0 Å². The minimum absolute atomic E-state index is 0.816. The lowest BCUT2D eigenvalue weighted by Crippen LogP contribution is -2.34. The van der Waals surface area contributed by atoms with Gasteiger partial charge >= 0.3 is 0 Å². The summed E-state index contributed by atoms with van der Waals surface area (Å²) in [7, 11) is 3.78. The SMILES string of the molecule is CNCc1ccc(OC)c(CN2CCC3CCCCC32)c1. The summed E-state index contributed by atoms with van der Waals surface area (Å²) < 4.78 is 5.58. The molecule has 0 spiro atoms. The lowest BCUT2D eigenvalue weighted by molar-refractivity contribution is 0.174. The second kappa shape index (κ2) is 6.80. The quantitative estimate of drug-likeness (QED) is 0.900. The van der Waals surface area contributed by atoms with E-state index in [1.807, 2.05) is 7.05 Å². The van der Waals surface area contributed by atoms with Crippen molar-refractivity contribution in [3.8, 4) is 5.75 Å². The van der Waals surface area contributed by atoms with Crippen LogP contribution in [0.2, 0.25) is 0 Å². The maximum Gasteiger partial charge on any atom is 0.123 e. The Morgan fingerprint density at radius 1 is 1.24 bits per heavy atom. The van der Waals surface area contributed by atoms with Gasteiger partial charge in [0.25, 0.3) is 0 Å². The molecule has 0 aromatic heterocycles. The van der Waals surface area contributed by atoms with Crippen LogP contribution in [0.15, 0.2) is 18.2 Å². The number of benzene rings is 1. The van der Waals surface area contributed by atoms with Crippen LogP contribution in [-0.4, -0.2) is 31.6 Å². The fraction of sp³-hybridized carbons (Fsp3) is 0.667. The van der Waals surface area contributed by atoms with Gasteiger partial charge in [0.05, 0.1) is 7.11 Å². The molecule has 21 heavy (non-hydrogen) atoms. The normalized spacial score (nSPS) is 25.8. The second-order valence-corrected chi connectivity index (χ2v) is 6.55. The number of rotatable bonds is 5. The maximum atomic E-state index is 5.58. The van der Waals surface area contributed by atoms with Gasteiger partial charge in [-0.3, -0.25) is 4.90 Å². The van der Waals surface area contributed by atoms with Crippen molar-refractivity contribution >= 4 is 0 Å². The molecule has 0 amide bonds. The van der Waals surface area contributed by atoms with Crippen molar-refractivity contribution in [3.63, 3.8) is 0 Å². The molecule has 3 rings (SSSR count). The fourth-order valence-electron chi connectivity index (χ4n) is 4.19. The van der Waals surface area contributed by atoms with Crippen molar-refractivity contribution in [3.05, 3.63) is 29.3 Å². The zero-order valence-electron chi connectivity index (χ0n) is 13.4. The zero-order valence-corrected chi connectivity index (χ0v) is 13.4. The first kappa shape index (κ1) is 14.9. The molecule has 3 nitrogen and oxygen atoms in total. The van der Waals surface area contributed by atoms with Crippen LogP contribution in [0.4, 0.5) is 0 Å². The molecule has 2 unspecified atom stereocenters. The Kier molecular flexibility index (Phi) is 4.81. The molecular formula is C18H28N2O. The van der Waals surface area contributed by atoms with Crippen LogP contribution < -0.4 is 10.1 Å². The van der Waals surface area contributed by atoms with Crippen LogP contribution in [0.5, 0.6) is 5.75 Å². The lowest BCUT2D eigenvalue weighted by Gasteiger charge is -2.32. The summed E-state index contributed by atoms with van der Waals surface area (Å²) in [6.07, 6.45) is 7.08. The average molecular weight is 288 g/mol. The van der Waals surface area contributed by atoms with Crippen LogP contribution in [0, 0.1) is 5.92 Å². The van der Waals surface area contributed by atoms with Crippen LogP contribution in [0.3, 0.4) is 0 Å². The van der Waals surface area contributed by atoms with E-state index in [1.54, 1.807) is 7.11 Å². The highest BCUT2D eigenvalue weighted by Gasteiger charge is 2.35. The van der Waals surface area contributed by atoms with Gasteiger partial charge in [0.1, 0.15) is 5.75 Å². The molecule has 2 atom stereocenters. The highest BCUT2D eigenvalue weighted by atomic mass is 16.5. The summed E-state index contributed by atoms with van der Waals surface area (Å²) in [4.78, 5) is 2.70. The van der Waals surface area contributed by atoms with Crippen molar-refractivity contribution in [2.45, 2.75) is 51.2 Å². The molecule has 0 radical (unpaired) electrons. The molecule has 0 bridgehead atoms. The third-order valence-corrected chi connectivity index (χ3v) is 5.22. The molecule has 1 aromatic carbocycles. The molecule has 2 fully saturated rings. The van der Waals surface area contributed by atoms with Gasteiger partial charge in [0, 0.05) is 24.7 Å². The predicted octanol–water partition coefficient (Wildman–Crippen LogP) is 3.18. The van der Waals surface area contributed by atoms with Gasteiger partial charge in [-0.25, -0.2) is 0 Å². The third kappa shape index (κ3) is 3.24. The van der Waals surface area contributed by atoms with E-state index in [2.05, 4.69) is 28.4 Å². The number of likely N-dealkylation sites (tertiary alicyclic amines) is 1. The van der Waals surface area contributed by atoms with E-state index in [1.165, 1.54) is 49.8 Å². The molecular weight excluding hydrogens is 260 g/mol. The van der Waals surface area contributed by atoms with Crippen LogP contribution in [0.25, 0.3) is 0 Å². The number of methoxy groups -OCH3 is 1. The number of hydrogen-bond donors (Lipinski definition) is 1. The van der Waals surface area contributed by atoms with Gasteiger partial charge < -0.3 is 10.1 Å². The van der Waals surface area contributed by atoms with Gasteiger partial charge in [-0.15, -0.1) is 0 Å². The summed E-state index contributed by atoms with van der Waals surface area (Å²) in [6, 6.07) is 7.41. The smallest absolute Gasteiger partial charge is 0.123 e. The number of nitrogens with zero attached hydrogens (tertiary/aromatic N) is 1. The molecule has 1 N–H and O–H groups in total. The van der Waals surface area contributed by atoms with Gasteiger partial charge in [-0.2, -0.15) is 0 Å². The van der Waals surface area contributed by atoms with Crippen molar-refractivity contribution in [2.24, 2.45) is 5.92 Å². The molecule has 116 valence electrons. The van der Waals surface area contributed by atoms with Crippen molar-refractivity contribution < 1.29 is 4.74 Å². The molecule has 1 aromatic rings. The van der Waals surface area contributed by atoms with E-state index in [9.17, 15) is 0 Å². The Balaban J connectivity index is 1.75. The number of fused-ring (bicyclic) bond motifs is 1. The minimum Gasteiger partial charge on any atom is -0.496 e. The molecule has 1 saturated heterocycles. The summed E-state index contributed by atoms with van der Waals surface area (Å²) in [5.41, 5.74) is 2.68. The van der Waals surface area contributed by atoms with E-state index >= 15 is 0 Å². The molecule has 1 saturated carbocycles. The highest BCUT2D eigenvalue weighted by molar-refractivity contribution is 5.37. The first-order chi connectivity index (χ1) is 10.3. The van der Waals surface area contributed by atoms with Gasteiger partial charge in [0.2, 0.25) is 0 Å². The van der Waals surface area contributed by atoms with E-state index in [0.717, 1.165) is 30.8 Å². The summed E-state index contributed by atoms with van der Waals surface area (Å²) >= 11 is 0. The van der Waals surface area contributed by atoms with Crippen molar-refractivity contribution in [1.82, 2.24) is 10.2 Å². The highest BCUT2D eigenvalue weighted by Crippen LogP contribution is 2.37. The van der Waals surface area contributed by atoms with E-state index < -0.39 is 0 Å². The summed E-state index contributed by atoms with van der Waals surface area (Å²) in [6.45, 7) is 3.22. The zero-order chi connectivity index (χ0) is 14.7.